The molecule has 6 nitrogen and oxygen atoms in total. The number of rotatable bonds is 7. The monoisotopic (exact) mass is 447 g/mol. The number of thiophene rings is 1. The van der Waals surface area contributed by atoms with Gasteiger partial charge in [0.25, 0.3) is 0 Å². The van der Waals surface area contributed by atoms with E-state index in [2.05, 4.69) is 5.32 Å². The van der Waals surface area contributed by atoms with Crippen LogP contribution in [-0.2, 0) is 16.0 Å². The van der Waals surface area contributed by atoms with Crippen molar-refractivity contribution in [3.05, 3.63) is 89.7 Å². The molecule has 0 saturated carbocycles. The molecule has 2 N–H and O–H groups in total. The minimum Gasteiger partial charge on any atom is -0.481 e. The molecule has 0 aliphatic carbocycles. The fourth-order valence-electron chi connectivity index (χ4n) is 3.30. The number of furan rings is 1. The molecule has 0 saturated heterocycles. The summed E-state index contributed by atoms with van der Waals surface area (Å²) in [6, 6.07) is 21.0. The van der Waals surface area contributed by atoms with E-state index in [1.54, 1.807) is 6.26 Å². The van der Waals surface area contributed by atoms with E-state index in [1.165, 1.54) is 17.6 Å². The molecule has 4 aromatic rings. The molecule has 0 radical (unpaired) electrons. The second-order valence-electron chi connectivity index (χ2n) is 7.20. The maximum absolute atomic E-state index is 12.4. The molecule has 162 valence electrons. The SMILES string of the molecule is CC(OC(=O)Nc1cocc1-c1ccc(-c2ccc(CC(=O)O)s2)cc1)c1ccccc1. The van der Waals surface area contributed by atoms with Crippen LogP contribution in [0.2, 0.25) is 0 Å². The van der Waals surface area contributed by atoms with E-state index in [4.69, 9.17) is 14.3 Å². The summed E-state index contributed by atoms with van der Waals surface area (Å²) in [5.74, 6) is -0.842. The molecule has 1 atom stereocenters. The third-order valence-electron chi connectivity index (χ3n) is 4.92. The van der Waals surface area contributed by atoms with Crippen LogP contribution >= 0.6 is 11.3 Å². The summed E-state index contributed by atoms with van der Waals surface area (Å²) in [6.07, 6.45) is 2.11. The van der Waals surface area contributed by atoms with Crippen LogP contribution in [0, 0.1) is 0 Å². The lowest BCUT2D eigenvalue weighted by Crippen LogP contribution is -2.16. The van der Waals surface area contributed by atoms with E-state index in [-0.39, 0.29) is 12.5 Å². The highest BCUT2D eigenvalue weighted by molar-refractivity contribution is 7.15. The van der Waals surface area contributed by atoms with E-state index >= 15 is 0 Å². The van der Waals surface area contributed by atoms with Crippen molar-refractivity contribution in [3.8, 4) is 21.6 Å². The van der Waals surface area contributed by atoms with Crippen LogP contribution in [0.1, 0.15) is 23.5 Å². The van der Waals surface area contributed by atoms with E-state index < -0.39 is 12.1 Å². The summed E-state index contributed by atoms with van der Waals surface area (Å²) in [4.78, 5) is 25.1. The van der Waals surface area contributed by atoms with Crippen LogP contribution in [0.3, 0.4) is 0 Å². The summed E-state index contributed by atoms with van der Waals surface area (Å²) in [6.45, 7) is 1.82. The molecule has 1 unspecified atom stereocenters. The maximum Gasteiger partial charge on any atom is 0.412 e. The lowest BCUT2D eigenvalue weighted by Gasteiger charge is -2.14. The molecule has 0 bridgehead atoms. The van der Waals surface area contributed by atoms with Crippen LogP contribution in [0.15, 0.2) is 83.7 Å². The van der Waals surface area contributed by atoms with Crippen molar-refractivity contribution in [1.29, 1.82) is 0 Å². The minimum atomic E-state index is -0.842. The predicted octanol–water partition coefficient (Wildman–Crippen LogP) is 6.61. The van der Waals surface area contributed by atoms with Crippen molar-refractivity contribution < 1.29 is 23.8 Å². The van der Waals surface area contributed by atoms with Gasteiger partial charge in [0.05, 0.1) is 12.1 Å². The number of carboxylic acids is 1. The normalized spacial score (nSPS) is 11.7. The Balaban J connectivity index is 1.44. The first-order valence-electron chi connectivity index (χ1n) is 9.99. The molecule has 0 fully saturated rings. The van der Waals surface area contributed by atoms with Gasteiger partial charge in [-0.05, 0) is 35.7 Å². The third-order valence-corrected chi connectivity index (χ3v) is 6.05. The molecule has 0 spiro atoms. The fourth-order valence-corrected chi connectivity index (χ4v) is 4.30. The van der Waals surface area contributed by atoms with Gasteiger partial charge in [0.2, 0.25) is 0 Å². The van der Waals surface area contributed by atoms with Gasteiger partial charge < -0.3 is 14.3 Å². The molecule has 32 heavy (non-hydrogen) atoms. The smallest absolute Gasteiger partial charge is 0.412 e. The number of anilines is 1. The Morgan fingerprint density at radius 2 is 1.72 bits per heavy atom. The molecular formula is C25H21NO5S. The van der Waals surface area contributed by atoms with Gasteiger partial charge in [0.15, 0.2) is 0 Å². The molecule has 0 aliphatic rings. The van der Waals surface area contributed by atoms with Gasteiger partial charge in [-0.1, -0.05) is 54.6 Å². The first-order valence-corrected chi connectivity index (χ1v) is 10.8. The standard InChI is InChI=1S/C25H21NO5S/c1-16(17-5-3-2-4-6-17)31-25(29)26-22-15-30-14-21(22)18-7-9-19(10-8-18)23-12-11-20(32-23)13-24(27)28/h2-12,14-16H,13H2,1H3,(H,26,29)(H,27,28). The van der Waals surface area contributed by atoms with Gasteiger partial charge in [-0.3, -0.25) is 10.1 Å². The number of carboxylic acid groups (broad SMARTS) is 1. The van der Waals surface area contributed by atoms with Crippen molar-refractivity contribution in [2.75, 3.05) is 5.32 Å². The first-order chi connectivity index (χ1) is 15.5. The largest absolute Gasteiger partial charge is 0.481 e. The van der Waals surface area contributed by atoms with Crippen molar-refractivity contribution in [1.82, 2.24) is 0 Å². The van der Waals surface area contributed by atoms with E-state index in [9.17, 15) is 9.59 Å². The molecule has 2 aromatic heterocycles. The van der Waals surface area contributed by atoms with Gasteiger partial charge in [-0.25, -0.2) is 4.79 Å². The Hall–Kier alpha value is -3.84. The summed E-state index contributed by atoms with van der Waals surface area (Å²) in [7, 11) is 0. The van der Waals surface area contributed by atoms with Gasteiger partial charge in [-0.2, -0.15) is 0 Å². The molecule has 0 aliphatic heterocycles. The Labute approximate surface area is 189 Å². The van der Waals surface area contributed by atoms with Crippen LogP contribution in [-0.4, -0.2) is 17.2 Å². The number of ether oxygens (including phenoxy) is 1. The summed E-state index contributed by atoms with van der Waals surface area (Å²) in [5.41, 5.74) is 4.02. The van der Waals surface area contributed by atoms with Crippen molar-refractivity contribution >= 4 is 29.1 Å². The molecule has 1 amide bonds. The predicted molar refractivity (Wildman–Crippen MR) is 124 cm³/mol. The minimum absolute atomic E-state index is 0.0196. The molecule has 7 heteroatoms. The van der Waals surface area contributed by atoms with Crippen LogP contribution < -0.4 is 5.32 Å². The zero-order valence-corrected chi connectivity index (χ0v) is 18.1. The van der Waals surface area contributed by atoms with Crippen LogP contribution in [0.4, 0.5) is 10.5 Å². The Kier molecular flexibility index (Phi) is 6.37. The first kappa shape index (κ1) is 21.4. The highest BCUT2D eigenvalue weighted by Gasteiger charge is 2.16. The van der Waals surface area contributed by atoms with Gasteiger partial charge in [0.1, 0.15) is 18.6 Å². The highest BCUT2D eigenvalue weighted by atomic mass is 32.1. The molecule has 4 rings (SSSR count). The number of amides is 1. The van der Waals surface area contributed by atoms with Gasteiger partial charge in [0, 0.05) is 15.3 Å². The number of carbonyl (C=O) groups is 2. The second-order valence-corrected chi connectivity index (χ2v) is 8.36. The number of benzene rings is 2. The molecular weight excluding hydrogens is 426 g/mol. The van der Waals surface area contributed by atoms with Crippen LogP contribution in [0.5, 0.6) is 0 Å². The van der Waals surface area contributed by atoms with Gasteiger partial charge >= 0.3 is 12.1 Å². The maximum atomic E-state index is 12.4. The molecule has 2 heterocycles. The quantitative estimate of drug-likeness (QED) is 0.333. The summed E-state index contributed by atoms with van der Waals surface area (Å²) < 4.78 is 10.8. The Bertz CT molecular complexity index is 1210. The summed E-state index contributed by atoms with van der Waals surface area (Å²) >= 11 is 1.46. The Morgan fingerprint density at radius 3 is 2.44 bits per heavy atom. The summed E-state index contributed by atoms with van der Waals surface area (Å²) in [5, 5.41) is 11.7. The zero-order chi connectivity index (χ0) is 22.5. The third kappa shape index (κ3) is 5.07. The number of hydrogen-bond acceptors (Lipinski definition) is 5. The number of aliphatic carboxylic acids is 1. The number of nitrogens with one attached hydrogen (secondary N) is 1. The fraction of sp³-hybridized carbons (Fsp3) is 0.120. The van der Waals surface area contributed by atoms with E-state index in [0.717, 1.165) is 32.0 Å². The lowest BCUT2D eigenvalue weighted by atomic mass is 10.0. The average molecular weight is 448 g/mol. The molecule has 2 aromatic carbocycles. The van der Waals surface area contributed by atoms with E-state index in [0.29, 0.717) is 5.69 Å². The topological polar surface area (TPSA) is 88.8 Å². The van der Waals surface area contributed by atoms with Crippen molar-refractivity contribution in [2.45, 2.75) is 19.4 Å². The van der Waals surface area contributed by atoms with E-state index in [1.807, 2.05) is 73.7 Å². The highest BCUT2D eigenvalue weighted by Crippen LogP contribution is 2.33. The van der Waals surface area contributed by atoms with Crippen LogP contribution in [0.25, 0.3) is 21.6 Å². The lowest BCUT2D eigenvalue weighted by molar-refractivity contribution is -0.136. The Morgan fingerprint density at radius 1 is 1.00 bits per heavy atom. The number of hydrogen-bond donors (Lipinski definition) is 2. The number of carbonyl (C=O) groups excluding carboxylic acids is 1. The van der Waals surface area contributed by atoms with Gasteiger partial charge in [-0.15, -0.1) is 11.3 Å². The average Bonchev–Trinajstić information content (AvgIpc) is 3.43. The zero-order valence-electron chi connectivity index (χ0n) is 17.3. The second kappa shape index (κ2) is 9.53. The van der Waals surface area contributed by atoms with Crippen molar-refractivity contribution in [2.24, 2.45) is 0 Å². The van der Waals surface area contributed by atoms with Crippen molar-refractivity contribution in [3.63, 3.8) is 0 Å².